The van der Waals surface area contributed by atoms with Crippen molar-refractivity contribution in [2.45, 2.75) is 38.1 Å². The van der Waals surface area contributed by atoms with Gasteiger partial charge in [0.05, 0.1) is 0 Å². The predicted octanol–water partition coefficient (Wildman–Crippen LogP) is 1.19. The van der Waals surface area contributed by atoms with Gasteiger partial charge in [0.25, 0.3) is 0 Å². The second-order valence-corrected chi connectivity index (χ2v) is 5.23. The summed E-state index contributed by atoms with van der Waals surface area (Å²) in [6.45, 7) is 1.86. The predicted molar refractivity (Wildman–Crippen MR) is 55.4 cm³/mol. The summed E-state index contributed by atoms with van der Waals surface area (Å²) in [5.74, 6) is -2.71. The van der Waals surface area contributed by atoms with Crippen molar-refractivity contribution in [2.24, 2.45) is 11.3 Å². The number of carbonyl (C=O) groups is 1. The Hall–Kier alpha value is -0.820. The molecular formula is C11H16F3NO3. The van der Waals surface area contributed by atoms with Gasteiger partial charge >= 0.3 is 12.1 Å². The summed E-state index contributed by atoms with van der Waals surface area (Å²) in [5, 5.41) is 12.7. The van der Waals surface area contributed by atoms with E-state index in [9.17, 15) is 23.1 Å². The summed E-state index contributed by atoms with van der Waals surface area (Å²) in [4.78, 5) is 10.6. The first-order chi connectivity index (χ1) is 8.32. The summed E-state index contributed by atoms with van der Waals surface area (Å²) >= 11 is 0. The third kappa shape index (κ3) is 2.77. The molecule has 1 saturated heterocycles. The Bertz CT molecular complexity index is 318. The zero-order valence-corrected chi connectivity index (χ0v) is 9.79. The number of esters is 1. The van der Waals surface area contributed by atoms with Crippen molar-refractivity contribution in [1.29, 1.82) is 0 Å². The van der Waals surface area contributed by atoms with Crippen LogP contribution < -0.4 is 5.32 Å². The van der Waals surface area contributed by atoms with E-state index in [1.807, 2.05) is 0 Å². The first-order valence-electron chi connectivity index (χ1n) is 5.99. The molecule has 2 N–H and O–H groups in total. The Morgan fingerprint density at radius 2 is 1.89 bits per heavy atom. The lowest BCUT2D eigenvalue weighted by Crippen LogP contribution is -2.55. The van der Waals surface area contributed by atoms with Crippen molar-refractivity contribution in [3.8, 4) is 0 Å². The number of carbonyl (C=O) groups excluding carboxylic acids is 1. The van der Waals surface area contributed by atoms with Gasteiger partial charge in [0, 0.05) is 19.0 Å². The summed E-state index contributed by atoms with van der Waals surface area (Å²) in [7, 11) is 0. The van der Waals surface area contributed by atoms with E-state index in [0.29, 0.717) is 12.8 Å². The second-order valence-electron chi connectivity index (χ2n) is 5.23. The highest BCUT2D eigenvalue weighted by Crippen LogP contribution is 2.42. The van der Waals surface area contributed by atoms with Gasteiger partial charge in [-0.05, 0) is 31.1 Å². The summed E-state index contributed by atoms with van der Waals surface area (Å²) < 4.78 is 40.0. The van der Waals surface area contributed by atoms with Crippen molar-refractivity contribution >= 4 is 5.97 Å². The molecule has 2 aliphatic rings. The topological polar surface area (TPSA) is 58.6 Å². The lowest BCUT2D eigenvalue weighted by molar-refractivity contribution is -0.227. The first-order valence-corrected chi connectivity index (χ1v) is 5.99. The minimum atomic E-state index is -5.05. The third-order valence-electron chi connectivity index (χ3n) is 3.95. The molecule has 0 amide bonds. The third-order valence-corrected chi connectivity index (χ3v) is 3.95. The van der Waals surface area contributed by atoms with Gasteiger partial charge in [0.2, 0.25) is 6.29 Å². The number of aliphatic hydroxyl groups is 1. The van der Waals surface area contributed by atoms with Crippen molar-refractivity contribution in [1.82, 2.24) is 5.32 Å². The minimum Gasteiger partial charge on any atom is -0.429 e. The van der Waals surface area contributed by atoms with Gasteiger partial charge in [-0.25, -0.2) is 4.79 Å². The van der Waals surface area contributed by atoms with Crippen LogP contribution in [0, 0.1) is 11.3 Å². The molecule has 1 aliphatic heterocycles. The highest BCUT2D eigenvalue weighted by molar-refractivity contribution is 5.75. The van der Waals surface area contributed by atoms with Crippen LogP contribution >= 0.6 is 0 Å². The Balaban J connectivity index is 1.80. The number of alkyl halides is 3. The van der Waals surface area contributed by atoms with Crippen LogP contribution in [0.4, 0.5) is 13.2 Å². The van der Waals surface area contributed by atoms with Crippen LogP contribution in [0.1, 0.15) is 25.7 Å². The molecule has 1 saturated carbocycles. The summed E-state index contributed by atoms with van der Waals surface area (Å²) in [5.41, 5.74) is 0.254. The average molecular weight is 267 g/mol. The monoisotopic (exact) mass is 267 g/mol. The molecule has 0 aromatic heterocycles. The molecule has 104 valence electrons. The molecule has 1 atom stereocenters. The van der Waals surface area contributed by atoms with E-state index in [2.05, 4.69) is 10.1 Å². The van der Waals surface area contributed by atoms with Gasteiger partial charge in [0.15, 0.2) is 0 Å². The van der Waals surface area contributed by atoms with E-state index < -0.39 is 18.4 Å². The molecule has 4 nitrogen and oxygen atoms in total. The lowest BCUT2D eigenvalue weighted by Gasteiger charge is -2.47. The fourth-order valence-corrected chi connectivity index (χ4v) is 2.64. The Labute approximate surface area is 102 Å². The number of aliphatic hydroxyl groups excluding tert-OH is 1. The highest BCUT2D eigenvalue weighted by atomic mass is 19.4. The van der Waals surface area contributed by atoms with Crippen molar-refractivity contribution < 1.29 is 27.8 Å². The van der Waals surface area contributed by atoms with Gasteiger partial charge in [-0.3, -0.25) is 0 Å². The van der Waals surface area contributed by atoms with Crippen LogP contribution in [0.25, 0.3) is 0 Å². The number of hydrogen-bond acceptors (Lipinski definition) is 4. The molecule has 7 heteroatoms. The number of nitrogens with one attached hydrogen (secondary N) is 1. The maximum absolute atomic E-state index is 12.0. The quantitative estimate of drug-likeness (QED) is 0.583. The molecule has 18 heavy (non-hydrogen) atoms. The van der Waals surface area contributed by atoms with Gasteiger partial charge in [0.1, 0.15) is 0 Å². The maximum Gasteiger partial charge on any atom is 0.491 e. The Morgan fingerprint density at radius 3 is 2.28 bits per heavy atom. The fraction of sp³-hybridized carbons (Fsp3) is 0.909. The van der Waals surface area contributed by atoms with E-state index in [1.54, 1.807) is 0 Å². The van der Waals surface area contributed by atoms with Crippen LogP contribution in [0.3, 0.4) is 0 Å². The largest absolute Gasteiger partial charge is 0.491 e. The van der Waals surface area contributed by atoms with Crippen LogP contribution in [-0.4, -0.2) is 36.6 Å². The van der Waals surface area contributed by atoms with Gasteiger partial charge in [-0.1, -0.05) is 0 Å². The Kier molecular flexibility index (Phi) is 3.55. The molecule has 0 aromatic carbocycles. The number of ether oxygens (including phenoxy) is 1. The van der Waals surface area contributed by atoms with Crippen LogP contribution in [0.5, 0.6) is 0 Å². The van der Waals surface area contributed by atoms with E-state index in [4.69, 9.17) is 0 Å². The zero-order chi connectivity index (χ0) is 13.4. The van der Waals surface area contributed by atoms with Crippen molar-refractivity contribution in [3.63, 3.8) is 0 Å². The van der Waals surface area contributed by atoms with Crippen LogP contribution in [0.15, 0.2) is 0 Å². The van der Waals surface area contributed by atoms with Crippen molar-refractivity contribution in [2.75, 3.05) is 13.1 Å². The molecule has 0 aromatic rings. The van der Waals surface area contributed by atoms with E-state index in [-0.39, 0.29) is 11.3 Å². The smallest absolute Gasteiger partial charge is 0.429 e. The Morgan fingerprint density at radius 1 is 1.33 bits per heavy atom. The molecule has 2 rings (SSSR count). The number of halogens is 3. The summed E-state index contributed by atoms with van der Waals surface area (Å²) in [6, 6.07) is 0. The first kappa shape index (κ1) is 13.6. The van der Waals surface area contributed by atoms with Gasteiger partial charge in [-0.15, -0.1) is 0 Å². The fourth-order valence-electron chi connectivity index (χ4n) is 2.64. The number of hydrogen-bond donors (Lipinski definition) is 2. The molecule has 1 unspecified atom stereocenters. The SMILES string of the molecule is O=C(OC(O)C1CCC2(CC1)CNC2)C(F)(F)F. The van der Waals surface area contributed by atoms with E-state index >= 15 is 0 Å². The summed E-state index contributed by atoms with van der Waals surface area (Å²) in [6.07, 6.45) is -3.81. The molecule has 0 bridgehead atoms. The standard InChI is InChI=1S/C11H16F3NO3/c12-11(13,14)9(17)18-8(16)7-1-3-10(4-2-7)5-15-6-10/h7-8,15-16H,1-6H2. The molecule has 2 fully saturated rings. The molecule has 0 radical (unpaired) electrons. The van der Waals surface area contributed by atoms with Crippen LogP contribution in [-0.2, 0) is 9.53 Å². The average Bonchev–Trinajstić information content (AvgIpc) is 2.25. The van der Waals surface area contributed by atoms with Gasteiger partial charge in [-0.2, -0.15) is 13.2 Å². The molecule has 1 spiro atoms. The van der Waals surface area contributed by atoms with E-state index in [0.717, 1.165) is 25.9 Å². The second kappa shape index (κ2) is 4.70. The van der Waals surface area contributed by atoms with Crippen molar-refractivity contribution in [3.05, 3.63) is 0 Å². The van der Waals surface area contributed by atoms with Gasteiger partial charge < -0.3 is 15.2 Å². The highest BCUT2D eigenvalue weighted by Gasteiger charge is 2.45. The lowest BCUT2D eigenvalue weighted by atomic mass is 9.67. The molecule has 1 aliphatic carbocycles. The minimum absolute atomic E-state index is 0.254. The normalized spacial score (nSPS) is 25.6. The van der Waals surface area contributed by atoms with Crippen LogP contribution in [0.2, 0.25) is 0 Å². The molecule has 1 heterocycles. The zero-order valence-electron chi connectivity index (χ0n) is 9.79. The number of rotatable bonds is 2. The maximum atomic E-state index is 12.0. The van der Waals surface area contributed by atoms with E-state index in [1.165, 1.54) is 0 Å². The molecular weight excluding hydrogens is 251 g/mol.